The first-order valence-electron chi connectivity index (χ1n) is 10.2. The molecule has 28 heavy (non-hydrogen) atoms. The molecule has 154 valence electrons. The molecule has 1 atom stereocenters. The lowest BCUT2D eigenvalue weighted by atomic mass is 9.89. The summed E-state index contributed by atoms with van der Waals surface area (Å²) in [6, 6.07) is 8.50. The molecular formula is C23H34N2O3. The molecule has 2 heterocycles. The molecule has 3 rings (SSSR count). The first-order chi connectivity index (χ1) is 13.3. The van der Waals surface area contributed by atoms with Crippen molar-refractivity contribution in [3.05, 3.63) is 35.5 Å². The molecule has 0 saturated carbocycles. The van der Waals surface area contributed by atoms with E-state index in [2.05, 4.69) is 36.3 Å². The van der Waals surface area contributed by atoms with Crippen molar-refractivity contribution in [2.45, 2.75) is 52.2 Å². The van der Waals surface area contributed by atoms with Crippen LogP contribution in [0.25, 0.3) is 10.9 Å². The van der Waals surface area contributed by atoms with Gasteiger partial charge >= 0.3 is 5.97 Å². The fraction of sp³-hybridized carbons (Fsp3) is 0.609. The molecule has 1 aromatic carbocycles. The van der Waals surface area contributed by atoms with Gasteiger partial charge in [0.15, 0.2) is 0 Å². The van der Waals surface area contributed by atoms with E-state index < -0.39 is 0 Å². The predicted octanol–water partition coefficient (Wildman–Crippen LogP) is 4.43. The maximum Gasteiger partial charge on any atom is 0.340 e. The molecule has 1 fully saturated rings. The third-order valence-corrected chi connectivity index (χ3v) is 6.42. The van der Waals surface area contributed by atoms with Crippen LogP contribution < -0.4 is 0 Å². The molecule has 5 heteroatoms. The summed E-state index contributed by atoms with van der Waals surface area (Å²) in [6.45, 7) is 11.8. The maximum absolute atomic E-state index is 12.4. The molecule has 0 N–H and O–H groups in total. The lowest BCUT2D eigenvalue weighted by Gasteiger charge is -2.39. The third kappa shape index (κ3) is 3.96. The summed E-state index contributed by atoms with van der Waals surface area (Å²) in [5.74, 6) is 0.332. The number of hydrogen-bond donors (Lipinski definition) is 0. The Morgan fingerprint density at radius 2 is 1.86 bits per heavy atom. The van der Waals surface area contributed by atoms with E-state index in [1.807, 2.05) is 25.1 Å². The van der Waals surface area contributed by atoms with E-state index in [1.165, 1.54) is 7.11 Å². The Hall–Kier alpha value is -1.85. The number of ether oxygens (including phenoxy) is 2. The minimum Gasteiger partial charge on any atom is -0.465 e. The zero-order chi connectivity index (χ0) is 20.5. The van der Waals surface area contributed by atoms with E-state index in [0.29, 0.717) is 17.5 Å². The molecule has 2 aromatic rings. The number of carbonyl (C=O) groups excluding carboxylic acids is 1. The molecule has 1 aromatic heterocycles. The second-order valence-electron chi connectivity index (χ2n) is 8.66. The van der Waals surface area contributed by atoms with Crippen molar-refractivity contribution in [3.63, 3.8) is 0 Å². The summed E-state index contributed by atoms with van der Waals surface area (Å²) in [5.41, 5.74) is 2.71. The van der Waals surface area contributed by atoms with Crippen molar-refractivity contribution in [1.82, 2.24) is 9.47 Å². The van der Waals surface area contributed by atoms with Crippen molar-refractivity contribution in [1.29, 1.82) is 0 Å². The van der Waals surface area contributed by atoms with E-state index in [0.717, 1.165) is 49.1 Å². The predicted molar refractivity (Wildman–Crippen MR) is 113 cm³/mol. The molecule has 0 amide bonds. The van der Waals surface area contributed by atoms with Crippen molar-refractivity contribution in [2.24, 2.45) is 5.92 Å². The van der Waals surface area contributed by atoms with Gasteiger partial charge in [0.25, 0.3) is 0 Å². The van der Waals surface area contributed by atoms with Crippen LogP contribution in [-0.4, -0.2) is 54.9 Å². The minimum absolute atomic E-state index is 0.110. The number of hydrogen-bond acceptors (Lipinski definition) is 4. The number of carbonyl (C=O) groups is 1. The number of piperidine rings is 1. The van der Waals surface area contributed by atoms with E-state index in [9.17, 15) is 4.79 Å². The van der Waals surface area contributed by atoms with Gasteiger partial charge in [0.1, 0.15) is 0 Å². The Bertz CT molecular complexity index is 832. The zero-order valence-corrected chi connectivity index (χ0v) is 18.1. The molecule has 1 saturated heterocycles. The highest BCUT2D eigenvalue weighted by molar-refractivity contribution is 6.05. The molecule has 1 aliphatic rings. The summed E-state index contributed by atoms with van der Waals surface area (Å²) < 4.78 is 13.0. The quantitative estimate of drug-likeness (QED) is 0.689. The highest BCUT2D eigenvalue weighted by Crippen LogP contribution is 2.36. The fourth-order valence-corrected chi connectivity index (χ4v) is 4.68. The van der Waals surface area contributed by atoms with E-state index in [-0.39, 0.29) is 11.6 Å². The number of fused-ring (bicyclic) bond motifs is 1. The molecule has 5 nitrogen and oxygen atoms in total. The second kappa shape index (κ2) is 8.26. The van der Waals surface area contributed by atoms with Crippen LogP contribution in [0.1, 0.15) is 55.7 Å². The average Bonchev–Trinajstić information content (AvgIpc) is 2.99. The Kier molecular flexibility index (Phi) is 6.15. The summed E-state index contributed by atoms with van der Waals surface area (Å²) >= 11 is 0. The van der Waals surface area contributed by atoms with Crippen LogP contribution in [-0.2, 0) is 9.47 Å². The van der Waals surface area contributed by atoms with Gasteiger partial charge in [-0.05, 0) is 65.6 Å². The summed E-state index contributed by atoms with van der Waals surface area (Å²) in [7, 11) is 3.24. The number of esters is 1. The van der Waals surface area contributed by atoms with Crippen LogP contribution in [0, 0.1) is 12.8 Å². The SMILES string of the molecule is COC(=O)c1c(C)n(C(C)C2CCN(CC(C)(C)OC)CC2)c2ccccc12. The summed E-state index contributed by atoms with van der Waals surface area (Å²) in [6.07, 6.45) is 2.31. The highest BCUT2D eigenvalue weighted by atomic mass is 16.5. The molecule has 0 spiro atoms. The van der Waals surface area contributed by atoms with Gasteiger partial charge in [0, 0.05) is 36.3 Å². The zero-order valence-electron chi connectivity index (χ0n) is 18.1. The Morgan fingerprint density at radius 1 is 1.21 bits per heavy atom. The van der Waals surface area contributed by atoms with Crippen LogP contribution in [0.2, 0.25) is 0 Å². The topological polar surface area (TPSA) is 43.7 Å². The lowest BCUT2D eigenvalue weighted by Crippen LogP contribution is -2.44. The van der Waals surface area contributed by atoms with Gasteiger partial charge in [-0.3, -0.25) is 0 Å². The van der Waals surface area contributed by atoms with Crippen LogP contribution in [0.5, 0.6) is 0 Å². The largest absolute Gasteiger partial charge is 0.465 e. The fourth-order valence-electron chi connectivity index (χ4n) is 4.68. The molecule has 1 aliphatic heterocycles. The van der Waals surface area contributed by atoms with Crippen LogP contribution in [0.15, 0.2) is 24.3 Å². The minimum atomic E-state index is -0.253. The lowest BCUT2D eigenvalue weighted by molar-refractivity contribution is -0.0162. The van der Waals surface area contributed by atoms with Gasteiger partial charge < -0.3 is 18.9 Å². The van der Waals surface area contributed by atoms with E-state index >= 15 is 0 Å². The van der Waals surface area contributed by atoms with Gasteiger partial charge in [0.2, 0.25) is 0 Å². The Balaban J connectivity index is 1.82. The number of methoxy groups -OCH3 is 2. The smallest absolute Gasteiger partial charge is 0.340 e. The van der Waals surface area contributed by atoms with Crippen LogP contribution >= 0.6 is 0 Å². The van der Waals surface area contributed by atoms with Crippen LogP contribution in [0.3, 0.4) is 0 Å². The van der Waals surface area contributed by atoms with Crippen molar-refractivity contribution < 1.29 is 14.3 Å². The monoisotopic (exact) mass is 386 g/mol. The van der Waals surface area contributed by atoms with Gasteiger partial charge in [-0.2, -0.15) is 0 Å². The molecule has 0 radical (unpaired) electrons. The number of nitrogens with zero attached hydrogens (tertiary/aromatic N) is 2. The first-order valence-corrected chi connectivity index (χ1v) is 10.2. The summed E-state index contributed by atoms with van der Waals surface area (Å²) in [4.78, 5) is 14.9. The van der Waals surface area contributed by atoms with Crippen molar-refractivity contribution in [2.75, 3.05) is 33.9 Å². The molecule has 0 bridgehead atoms. The second-order valence-corrected chi connectivity index (χ2v) is 8.66. The van der Waals surface area contributed by atoms with Gasteiger partial charge in [0.05, 0.1) is 18.3 Å². The summed E-state index contributed by atoms with van der Waals surface area (Å²) in [5, 5.41) is 0.984. The number of benzene rings is 1. The van der Waals surface area contributed by atoms with E-state index in [1.54, 1.807) is 7.11 Å². The van der Waals surface area contributed by atoms with Crippen molar-refractivity contribution >= 4 is 16.9 Å². The molecule has 1 unspecified atom stereocenters. The van der Waals surface area contributed by atoms with Gasteiger partial charge in [-0.15, -0.1) is 0 Å². The first kappa shape index (κ1) is 20.9. The Morgan fingerprint density at radius 3 is 2.46 bits per heavy atom. The standard InChI is InChI=1S/C23H34N2O3/c1-16(18-11-13-24(14-12-18)15-23(3,4)28-6)25-17(2)21(22(26)27-5)19-9-7-8-10-20(19)25/h7-10,16,18H,11-15H2,1-6H3. The highest BCUT2D eigenvalue weighted by Gasteiger charge is 2.31. The number of likely N-dealkylation sites (tertiary alicyclic amines) is 1. The number of aromatic nitrogens is 1. The average molecular weight is 387 g/mol. The van der Waals surface area contributed by atoms with Gasteiger partial charge in [-0.25, -0.2) is 4.79 Å². The Labute approximate surface area is 168 Å². The molecule has 0 aliphatic carbocycles. The van der Waals surface area contributed by atoms with Gasteiger partial charge in [-0.1, -0.05) is 18.2 Å². The van der Waals surface area contributed by atoms with E-state index in [4.69, 9.17) is 9.47 Å². The number of rotatable bonds is 6. The number of para-hydroxylation sites is 1. The third-order valence-electron chi connectivity index (χ3n) is 6.42. The van der Waals surface area contributed by atoms with Crippen molar-refractivity contribution in [3.8, 4) is 0 Å². The maximum atomic E-state index is 12.4. The van der Waals surface area contributed by atoms with Crippen LogP contribution in [0.4, 0.5) is 0 Å². The normalized spacial score (nSPS) is 17.8. The molecular weight excluding hydrogens is 352 g/mol.